The Balaban J connectivity index is 1.47. The van der Waals surface area contributed by atoms with Gasteiger partial charge in [0.15, 0.2) is 0 Å². The lowest BCUT2D eigenvalue weighted by atomic mass is 10.0. The molecule has 1 atom stereocenters. The van der Waals surface area contributed by atoms with Crippen LogP contribution in [0, 0.1) is 18.6 Å². The predicted molar refractivity (Wildman–Crippen MR) is 117 cm³/mol. The summed E-state index contributed by atoms with van der Waals surface area (Å²) in [7, 11) is 0. The number of hydrogen-bond donors (Lipinski definition) is 2. The minimum absolute atomic E-state index is 0.0732. The number of anilines is 1. The van der Waals surface area contributed by atoms with Crippen molar-refractivity contribution in [3.05, 3.63) is 87.5 Å². The van der Waals surface area contributed by atoms with Crippen LogP contribution >= 0.6 is 11.6 Å². The fourth-order valence-corrected chi connectivity index (χ4v) is 3.92. The minimum Gasteiger partial charge on any atom is -0.443 e. The number of nitrogens with one attached hydrogen (secondary N) is 2. The van der Waals surface area contributed by atoms with Crippen molar-refractivity contribution in [1.29, 1.82) is 0 Å². The molecule has 0 saturated heterocycles. The van der Waals surface area contributed by atoms with E-state index in [0.717, 1.165) is 6.07 Å². The standard InChI is InChI=1S/C23H19ClF2N4O3/c1-12-20(28-9-8-27-12)11-33-23(32)30-19-7-4-14-15(3-6-18(26)21(14)19)22(31)29-13-2-5-17(25)16(24)10-13/h2-3,5-6,8-10,19H,4,7,11H2,1H3,(H,29,31)(H,30,32)/t19-/m0/s1. The molecule has 2 amide bonds. The molecule has 1 aromatic heterocycles. The highest BCUT2D eigenvalue weighted by atomic mass is 35.5. The fraction of sp³-hybridized carbons (Fsp3) is 0.217. The number of fused-ring (bicyclic) bond motifs is 1. The Morgan fingerprint density at radius 2 is 1.91 bits per heavy atom. The number of carbonyl (C=O) groups is 2. The van der Waals surface area contributed by atoms with E-state index in [9.17, 15) is 18.4 Å². The number of hydrogen-bond acceptors (Lipinski definition) is 5. The van der Waals surface area contributed by atoms with E-state index in [4.69, 9.17) is 16.3 Å². The molecule has 0 spiro atoms. The first kappa shape index (κ1) is 22.6. The molecule has 7 nitrogen and oxygen atoms in total. The van der Waals surface area contributed by atoms with Crippen LogP contribution in [0.3, 0.4) is 0 Å². The smallest absolute Gasteiger partial charge is 0.408 e. The molecule has 1 heterocycles. The minimum atomic E-state index is -0.729. The second-order valence-corrected chi connectivity index (χ2v) is 7.88. The summed E-state index contributed by atoms with van der Waals surface area (Å²) in [4.78, 5) is 33.3. The van der Waals surface area contributed by atoms with Crippen LogP contribution in [-0.2, 0) is 17.8 Å². The van der Waals surface area contributed by atoms with Crippen molar-refractivity contribution < 1.29 is 23.1 Å². The quantitative estimate of drug-likeness (QED) is 0.552. The van der Waals surface area contributed by atoms with Gasteiger partial charge < -0.3 is 15.4 Å². The monoisotopic (exact) mass is 472 g/mol. The first-order valence-electron chi connectivity index (χ1n) is 10.1. The van der Waals surface area contributed by atoms with Crippen molar-refractivity contribution in [1.82, 2.24) is 15.3 Å². The Labute approximate surface area is 193 Å². The second kappa shape index (κ2) is 9.50. The first-order valence-corrected chi connectivity index (χ1v) is 10.5. The van der Waals surface area contributed by atoms with Gasteiger partial charge in [-0.2, -0.15) is 0 Å². The average Bonchev–Trinajstić information content (AvgIpc) is 3.20. The molecule has 0 bridgehead atoms. The number of amides is 2. The normalized spacial score (nSPS) is 14.5. The molecule has 2 N–H and O–H groups in total. The highest BCUT2D eigenvalue weighted by Crippen LogP contribution is 2.36. The Kier molecular flexibility index (Phi) is 6.50. The fourth-order valence-electron chi connectivity index (χ4n) is 3.74. The largest absolute Gasteiger partial charge is 0.443 e. The third-order valence-corrected chi connectivity index (χ3v) is 5.66. The zero-order valence-corrected chi connectivity index (χ0v) is 18.2. The molecule has 33 heavy (non-hydrogen) atoms. The molecule has 4 rings (SSSR count). The SMILES string of the molecule is Cc1nccnc1COC(=O)N[C@H]1CCc2c(C(=O)Nc3ccc(F)c(Cl)c3)ccc(F)c21. The summed E-state index contributed by atoms with van der Waals surface area (Å²) in [5.41, 5.74) is 2.47. The molecule has 0 unspecified atom stereocenters. The maximum Gasteiger partial charge on any atom is 0.408 e. The van der Waals surface area contributed by atoms with Crippen LogP contribution in [0.5, 0.6) is 0 Å². The van der Waals surface area contributed by atoms with Crippen molar-refractivity contribution in [2.75, 3.05) is 5.32 Å². The van der Waals surface area contributed by atoms with E-state index in [0.29, 0.717) is 35.5 Å². The summed E-state index contributed by atoms with van der Waals surface area (Å²) in [6.45, 7) is 1.68. The van der Waals surface area contributed by atoms with Crippen LogP contribution in [-0.4, -0.2) is 22.0 Å². The number of aromatic nitrogens is 2. The summed E-state index contributed by atoms with van der Waals surface area (Å²) >= 11 is 5.76. The van der Waals surface area contributed by atoms with Gasteiger partial charge >= 0.3 is 6.09 Å². The molecule has 0 fully saturated rings. The Morgan fingerprint density at radius 3 is 2.67 bits per heavy atom. The summed E-state index contributed by atoms with van der Waals surface area (Å²) in [5, 5.41) is 5.16. The van der Waals surface area contributed by atoms with Gasteiger partial charge in [0.25, 0.3) is 5.91 Å². The van der Waals surface area contributed by atoms with Gasteiger partial charge in [0.05, 0.1) is 22.5 Å². The number of alkyl carbamates (subject to hydrolysis) is 1. The van der Waals surface area contributed by atoms with Crippen LogP contribution in [0.2, 0.25) is 5.02 Å². The van der Waals surface area contributed by atoms with Gasteiger partial charge in [-0.25, -0.2) is 13.6 Å². The Morgan fingerprint density at radius 1 is 1.15 bits per heavy atom. The first-order chi connectivity index (χ1) is 15.8. The number of halogens is 3. The maximum atomic E-state index is 14.7. The van der Waals surface area contributed by atoms with Gasteiger partial charge in [0.1, 0.15) is 18.2 Å². The number of aryl methyl sites for hydroxylation is 1. The topological polar surface area (TPSA) is 93.2 Å². The van der Waals surface area contributed by atoms with Crippen molar-refractivity contribution in [3.8, 4) is 0 Å². The lowest BCUT2D eigenvalue weighted by Gasteiger charge is -2.16. The highest BCUT2D eigenvalue weighted by Gasteiger charge is 2.31. The summed E-state index contributed by atoms with van der Waals surface area (Å²) < 4.78 is 33.2. The van der Waals surface area contributed by atoms with E-state index < -0.39 is 29.7 Å². The van der Waals surface area contributed by atoms with Gasteiger partial charge in [-0.3, -0.25) is 14.8 Å². The van der Waals surface area contributed by atoms with Crippen molar-refractivity contribution in [2.24, 2.45) is 0 Å². The molecule has 10 heteroatoms. The van der Waals surface area contributed by atoms with Crippen LogP contribution in [0.15, 0.2) is 42.7 Å². The number of rotatable bonds is 5. The molecule has 3 aromatic rings. The lowest BCUT2D eigenvalue weighted by Crippen LogP contribution is -2.28. The molecular formula is C23H19ClF2N4O3. The molecule has 2 aromatic carbocycles. The third-order valence-electron chi connectivity index (χ3n) is 5.37. The number of carbonyl (C=O) groups excluding carboxylic acids is 2. The molecule has 0 aliphatic heterocycles. The van der Waals surface area contributed by atoms with Gasteiger partial charge in [-0.15, -0.1) is 0 Å². The zero-order valence-electron chi connectivity index (χ0n) is 17.5. The molecular weight excluding hydrogens is 454 g/mol. The van der Waals surface area contributed by atoms with Gasteiger partial charge in [0.2, 0.25) is 0 Å². The van der Waals surface area contributed by atoms with Crippen LogP contribution in [0.1, 0.15) is 45.3 Å². The van der Waals surface area contributed by atoms with Crippen LogP contribution in [0.4, 0.5) is 19.3 Å². The maximum absolute atomic E-state index is 14.7. The van der Waals surface area contributed by atoms with Crippen molar-refractivity contribution in [2.45, 2.75) is 32.4 Å². The average molecular weight is 473 g/mol. The molecule has 0 radical (unpaired) electrons. The summed E-state index contributed by atoms with van der Waals surface area (Å²) in [6.07, 6.45) is 3.09. The van der Waals surface area contributed by atoms with E-state index in [1.54, 1.807) is 6.92 Å². The van der Waals surface area contributed by atoms with Gasteiger partial charge in [-0.1, -0.05) is 11.6 Å². The van der Waals surface area contributed by atoms with E-state index in [2.05, 4.69) is 20.6 Å². The predicted octanol–water partition coefficient (Wildman–Crippen LogP) is 4.88. The molecule has 1 aliphatic carbocycles. The van der Waals surface area contributed by atoms with Crippen LogP contribution in [0.25, 0.3) is 0 Å². The van der Waals surface area contributed by atoms with Gasteiger partial charge in [0, 0.05) is 29.2 Å². The Hall–Kier alpha value is -3.59. The zero-order chi connectivity index (χ0) is 23.5. The molecule has 170 valence electrons. The Bertz CT molecular complexity index is 1240. The van der Waals surface area contributed by atoms with E-state index >= 15 is 0 Å². The third kappa shape index (κ3) is 4.93. The van der Waals surface area contributed by atoms with E-state index in [1.165, 1.54) is 36.7 Å². The number of nitrogens with zero attached hydrogens (tertiary/aromatic N) is 2. The van der Waals surface area contributed by atoms with Crippen molar-refractivity contribution >= 4 is 29.3 Å². The molecule has 0 saturated carbocycles. The van der Waals surface area contributed by atoms with E-state index in [-0.39, 0.29) is 22.8 Å². The van der Waals surface area contributed by atoms with Crippen molar-refractivity contribution in [3.63, 3.8) is 0 Å². The highest BCUT2D eigenvalue weighted by molar-refractivity contribution is 6.31. The van der Waals surface area contributed by atoms with Crippen LogP contribution < -0.4 is 10.6 Å². The number of benzene rings is 2. The summed E-state index contributed by atoms with van der Waals surface area (Å²) in [6, 6.07) is 5.72. The molecule has 1 aliphatic rings. The second-order valence-electron chi connectivity index (χ2n) is 7.47. The van der Waals surface area contributed by atoms with E-state index in [1.807, 2.05) is 0 Å². The summed E-state index contributed by atoms with van der Waals surface area (Å²) in [5.74, 6) is -1.62. The van der Waals surface area contributed by atoms with Gasteiger partial charge in [-0.05, 0) is 55.7 Å². The lowest BCUT2D eigenvalue weighted by molar-refractivity contribution is 0.102. The number of ether oxygens (including phenoxy) is 1.